The lowest BCUT2D eigenvalue weighted by Crippen LogP contribution is -2.32. The summed E-state index contributed by atoms with van der Waals surface area (Å²) in [5, 5.41) is 0. The Balaban J connectivity index is 1.85. The molecule has 1 heterocycles. The van der Waals surface area contributed by atoms with E-state index < -0.39 is 0 Å². The van der Waals surface area contributed by atoms with E-state index in [1.54, 1.807) is 11.3 Å². The first-order valence-electron chi connectivity index (χ1n) is 6.00. The van der Waals surface area contributed by atoms with E-state index >= 15 is 0 Å². The average Bonchev–Trinajstić information content (AvgIpc) is 2.54. The van der Waals surface area contributed by atoms with E-state index in [1.807, 2.05) is 19.9 Å². The van der Waals surface area contributed by atoms with Crippen molar-refractivity contribution in [3.05, 3.63) is 20.3 Å². The summed E-state index contributed by atoms with van der Waals surface area (Å²) < 4.78 is 6.55. The molecule has 17 heavy (non-hydrogen) atoms. The Morgan fingerprint density at radius 1 is 1.59 bits per heavy atom. The second kappa shape index (κ2) is 5.63. The highest BCUT2D eigenvalue weighted by atomic mass is 79.9. The topological polar surface area (TPSA) is 26.3 Å². The third kappa shape index (κ3) is 3.18. The van der Waals surface area contributed by atoms with Crippen LogP contribution in [0.1, 0.15) is 41.4 Å². The molecule has 1 aromatic rings. The molecule has 1 aliphatic carbocycles. The predicted octanol–water partition coefficient (Wildman–Crippen LogP) is 4.21. The maximum Gasteiger partial charge on any atom is 0.164 e. The summed E-state index contributed by atoms with van der Waals surface area (Å²) in [5.41, 5.74) is 0.890. The van der Waals surface area contributed by atoms with Gasteiger partial charge in [0, 0.05) is 23.5 Å². The van der Waals surface area contributed by atoms with Crippen LogP contribution < -0.4 is 0 Å². The van der Waals surface area contributed by atoms with Gasteiger partial charge in [0.1, 0.15) is 0 Å². The Hall–Kier alpha value is -0.190. The van der Waals surface area contributed by atoms with Gasteiger partial charge < -0.3 is 4.74 Å². The average molecular weight is 317 g/mol. The molecule has 2 nitrogen and oxygen atoms in total. The van der Waals surface area contributed by atoms with Crippen LogP contribution >= 0.6 is 27.3 Å². The molecule has 0 spiro atoms. The van der Waals surface area contributed by atoms with Crippen molar-refractivity contribution in [2.45, 2.75) is 39.2 Å². The van der Waals surface area contributed by atoms with Gasteiger partial charge in [0.2, 0.25) is 0 Å². The van der Waals surface area contributed by atoms with Gasteiger partial charge in [-0.05, 0) is 54.6 Å². The highest BCUT2D eigenvalue weighted by Gasteiger charge is 2.31. The van der Waals surface area contributed by atoms with Gasteiger partial charge in [-0.2, -0.15) is 0 Å². The van der Waals surface area contributed by atoms with E-state index in [1.165, 1.54) is 0 Å². The molecule has 1 aliphatic rings. The zero-order valence-corrected chi connectivity index (χ0v) is 12.6. The third-order valence-electron chi connectivity index (χ3n) is 3.26. The predicted molar refractivity (Wildman–Crippen MR) is 73.8 cm³/mol. The molecule has 0 atom stereocenters. The molecule has 0 N–H and O–H groups in total. The molecule has 2 rings (SSSR count). The number of aryl methyl sites for hydroxylation is 1. The lowest BCUT2D eigenvalue weighted by Gasteiger charge is -2.34. The molecule has 0 aliphatic heterocycles. The van der Waals surface area contributed by atoms with E-state index in [4.69, 9.17) is 4.74 Å². The molecule has 4 heteroatoms. The van der Waals surface area contributed by atoms with E-state index in [9.17, 15) is 4.79 Å². The Kier molecular flexibility index (Phi) is 4.39. The quantitative estimate of drug-likeness (QED) is 0.761. The van der Waals surface area contributed by atoms with Crippen LogP contribution in [0.5, 0.6) is 0 Å². The lowest BCUT2D eigenvalue weighted by molar-refractivity contribution is -0.0246. The van der Waals surface area contributed by atoms with Crippen LogP contribution in [0, 0.1) is 12.8 Å². The molecule has 94 valence electrons. The summed E-state index contributed by atoms with van der Waals surface area (Å²) >= 11 is 5.06. The monoisotopic (exact) mass is 316 g/mol. The number of hydrogen-bond acceptors (Lipinski definition) is 3. The summed E-state index contributed by atoms with van der Waals surface area (Å²) in [7, 11) is 0. The molecule has 0 bridgehead atoms. The Bertz CT molecular complexity index is 408. The van der Waals surface area contributed by atoms with Crippen LogP contribution in [-0.2, 0) is 4.74 Å². The first-order valence-corrected chi connectivity index (χ1v) is 7.61. The molecule has 0 radical (unpaired) electrons. The molecule has 1 fully saturated rings. The van der Waals surface area contributed by atoms with Crippen LogP contribution in [0.4, 0.5) is 0 Å². The normalized spacial score (nSPS) is 23.5. The maximum absolute atomic E-state index is 12.1. The van der Waals surface area contributed by atoms with E-state index in [-0.39, 0.29) is 5.78 Å². The van der Waals surface area contributed by atoms with Gasteiger partial charge in [-0.15, -0.1) is 11.3 Å². The first kappa shape index (κ1) is 13.2. The van der Waals surface area contributed by atoms with Crippen LogP contribution in [-0.4, -0.2) is 18.5 Å². The molecular weight excluding hydrogens is 300 g/mol. The standard InChI is InChI=1S/C13H17BrO2S/c1-3-16-10-4-9(5-10)6-12(15)11-7-13(14)17-8(11)2/h7,9-10H,3-6H2,1-2H3. The fourth-order valence-electron chi connectivity index (χ4n) is 2.31. The molecular formula is C13H17BrO2S. The van der Waals surface area contributed by atoms with E-state index in [2.05, 4.69) is 15.9 Å². The minimum Gasteiger partial charge on any atom is -0.378 e. The Morgan fingerprint density at radius 2 is 2.29 bits per heavy atom. The molecule has 0 saturated heterocycles. The van der Waals surface area contributed by atoms with Gasteiger partial charge in [-0.3, -0.25) is 4.79 Å². The van der Waals surface area contributed by atoms with Crippen molar-refractivity contribution in [2.75, 3.05) is 6.61 Å². The zero-order chi connectivity index (χ0) is 12.4. The Labute approximate surface area is 114 Å². The summed E-state index contributed by atoms with van der Waals surface area (Å²) in [6.45, 7) is 4.80. The van der Waals surface area contributed by atoms with Gasteiger partial charge in [0.15, 0.2) is 5.78 Å². The van der Waals surface area contributed by atoms with Crippen molar-refractivity contribution < 1.29 is 9.53 Å². The Morgan fingerprint density at radius 3 is 2.82 bits per heavy atom. The molecule has 1 saturated carbocycles. The fraction of sp³-hybridized carbons (Fsp3) is 0.615. The number of hydrogen-bond donors (Lipinski definition) is 0. The summed E-state index contributed by atoms with van der Waals surface area (Å²) in [6.07, 6.45) is 3.16. The van der Waals surface area contributed by atoms with Crippen molar-refractivity contribution in [3.8, 4) is 0 Å². The smallest absolute Gasteiger partial charge is 0.164 e. The first-order chi connectivity index (χ1) is 8.10. The molecule has 1 aromatic heterocycles. The largest absolute Gasteiger partial charge is 0.378 e. The number of ether oxygens (including phenoxy) is 1. The minimum atomic E-state index is 0.282. The molecule has 0 aromatic carbocycles. The number of halogens is 1. The fourth-order valence-corrected chi connectivity index (χ4v) is 4.02. The number of ketones is 1. The number of rotatable bonds is 5. The molecule has 0 amide bonds. The van der Waals surface area contributed by atoms with Crippen molar-refractivity contribution in [1.29, 1.82) is 0 Å². The zero-order valence-electron chi connectivity index (χ0n) is 10.2. The van der Waals surface area contributed by atoms with Crippen LogP contribution in [0.3, 0.4) is 0 Å². The van der Waals surface area contributed by atoms with Gasteiger partial charge in [0.25, 0.3) is 0 Å². The van der Waals surface area contributed by atoms with Gasteiger partial charge in [0.05, 0.1) is 9.89 Å². The second-order valence-corrected chi connectivity index (χ2v) is 7.20. The van der Waals surface area contributed by atoms with Crippen molar-refractivity contribution >= 4 is 33.0 Å². The van der Waals surface area contributed by atoms with Gasteiger partial charge in [-0.25, -0.2) is 0 Å². The van der Waals surface area contributed by atoms with Crippen LogP contribution in [0.25, 0.3) is 0 Å². The third-order valence-corrected chi connectivity index (χ3v) is 4.81. The summed E-state index contributed by atoms with van der Waals surface area (Å²) in [5.74, 6) is 0.807. The van der Waals surface area contributed by atoms with Gasteiger partial charge >= 0.3 is 0 Å². The van der Waals surface area contributed by atoms with E-state index in [0.29, 0.717) is 18.4 Å². The van der Waals surface area contributed by atoms with Crippen molar-refractivity contribution in [1.82, 2.24) is 0 Å². The maximum atomic E-state index is 12.1. The highest BCUT2D eigenvalue weighted by Crippen LogP contribution is 2.35. The van der Waals surface area contributed by atoms with Crippen molar-refractivity contribution in [2.24, 2.45) is 5.92 Å². The summed E-state index contributed by atoms with van der Waals surface area (Å²) in [4.78, 5) is 13.2. The van der Waals surface area contributed by atoms with Gasteiger partial charge in [-0.1, -0.05) is 0 Å². The highest BCUT2D eigenvalue weighted by molar-refractivity contribution is 9.11. The van der Waals surface area contributed by atoms with E-state index in [0.717, 1.165) is 33.7 Å². The minimum absolute atomic E-state index is 0.282. The second-order valence-electron chi connectivity index (χ2n) is 4.56. The van der Waals surface area contributed by atoms with Crippen molar-refractivity contribution in [3.63, 3.8) is 0 Å². The number of carbonyl (C=O) groups excluding carboxylic acids is 1. The number of Topliss-reactive ketones (excluding diaryl/α,β-unsaturated/α-hetero) is 1. The van der Waals surface area contributed by atoms with Crippen LogP contribution in [0.15, 0.2) is 9.85 Å². The summed E-state index contributed by atoms with van der Waals surface area (Å²) in [6, 6.07) is 1.95. The number of carbonyl (C=O) groups is 1. The molecule has 0 unspecified atom stereocenters. The van der Waals surface area contributed by atoms with Crippen LogP contribution in [0.2, 0.25) is 0 Å². The number of thiophene rings is 1. The lowest BCUT2D eigenvalue weighted by atomic mass is 9.78. The SMILES string of the molecule is CCOC1CC(CC(=O)c2cc(Br)sc2C)C1.